The first kappa shape index (κ1) is 20.8. The molecule has 0 spiro atoms. The second kappa shape index (κ2) is 8.64. The van der Waals surface area contributed by atoms with E-state index < -0.39 is 15.9 Å². The van der Waals surface area contributed by atoms with Crippen LogP contribution in [0.3, 0.4) is 0 Å². The summed E-state index contributed by atoms with van der Waals surface area (Å²) in [4.78, 5) is 11.0. The van der Waals surface area contributed by atoms with E-state index in [-0.39, 0.29) is 16.8 Å². The Labute approximate surface area is 168 Å². The van der Waals surface area contributed by atoms with Crippen molar-refractivity contribution in [2.24, 2.45) is 5.73 Å². The summed E-state index contributed by atoms with van der Waals surface area (Å²) in [5.41, 5.74) is 11.8. The van der Waals surface area contributed by atoms with Gasteiger partial charge in [-0.3, -0.25) is 4.79 Å². The number of primary amides is 1. The van der Waals surface area contributed by atoms with Gasteiger partial charge in [0.2, 0.25) is 10.0 Å². The Morgan fingerprint density at radius 1 is 1.07 bits per heavy atom. The van der Waals surface area contributed by atoms with Crippen LogP contribution in [0.2, 0.25) is 0 Å². The number of piperidine rings is 1. The zero-order valence-corrected chi connectivity index (χ0v) is 16.5. The van der Waals surface area contributed by atoms with Crippen molar-refractivity contribution >= 4 is 32.6 Å². The fraction of sp³-hybridized carbons (Fsp3) is 0.250. The molecule has 4 rings (SSSR count). The van der Waals surface area contributed by atoms with Gasteiger partial charge in [-0.15, -0.1) is 0 Å². The lowest BCUT2D eigenvalue weighted by Crippen LogP contribution is -2.39. The fourth-order valence-corrected chi connectivity index (χ4v) is 4.44. The maximum absolute atomic E-state index is 12.2. The molecular formula is C20H23N3O5S. The first-order valence-electron chi connectivity index (χ1n) is 9.09. The van der Waals surface area contributed by atoms with E-state index in [1.54, 1.807) is 24.3 Å². The third-order valence-electron chi connectivity index (χ3n) is 4.61. The van der Waals surface area contributed by atoms with Crippen molar-refractivity contribution in [1.82, 2.24) is 4.31 Å². The number of carbonyl (C=O) groups excluding carboxylic acids is 1. The first-order chi connectivity index (χ1) is 13.8. The minimum absolute atomic E-state index is 0.205. The highest BCUT2D eigenvalue weighted by molar-refractivity contribution is 7.89. The largest absolute Gasteiger partial charge is 0.451 e. The number of anilines is 1. The van der Waals surface area contributed by atoms with E-state index >= 15 is 0 Å². The van der Waals surface area contributed by atoms with Gasteiger partial charge in [0.25, 0.3) is 5.91 Å². The number of fused-ring (bicyclic) bond motifs is 1. The molecule has 0 bridgehead atoms. The third-order valence-corrected chi connectivity index (χ3v) is 6.52. The average Bonchev–Trinajstić information content (AvgIpc) is 3.14. The summed E-state index contributed by atoms with van der Waals surface area (Å²) in [6, 6.07) is 15.2. The monoisotopic (exact) mass is 417 g/mol. The van der Waals surface area contributed by atoms with Gasteiger partial charge in [-0.1, -0.05) is 18.2 Å². The number of para-hydroxylation sites is 1. The molecule has 8 nitrogen and oxygen atoms in total. The number of hydrogen-bond acceptors (Lipinski definition) is 6. The zero-order chi connectivity index (χ0) is 21.0. The molecule has 1 aliphatic rings. The minimum Gasteiger partial charge on any atom is -0.451 e. The molecule has 1 amide bonds. The summed E-state index contributed by atoms with van der Waals surface area (Å²) in [6.45, 7) is 0.738. The van der Waals surface area contributed by atoms with E-state index in [0.717, 1.165) is 5.39 Å². The van der Waals surface area contributed by atoms with Crippen LogP contribution in [0.5, 0.6) is 0 Å². The molecule has 0 saturated carbocycles. The van der Waals surface area contributed by atoms with Crippen LogP contribution in [0, 0.1) is 0 Å². The Hall–Kier alpha value is -2.88. The van der Waals surface area contributed by atoms with Crippen LogP contribution >= 0.6 is 0 Å². The molecule has 0 unspecified atom stereocenters. The topological polar surface area (TPSA) is 140 Å². The number of nitrogen functional groups attached to an aromatic ring is 1. The Kier molecular flexibility index (Phi) is 6.21. The quantitative estimate of drug-likeness (QED) is 0.557. The smallest absolute Gasteiger partial charge is 0.284 e. The number of sulfonamides is 1. The van der Waals surface area contributed by atoms with Gasteiger partial charge in [-0.25, -0.2) is 8.42 Å². The molecule has 2 heterocycles. The van der Waals surface area contributed by atoms with Gasteiger partial charge >= 0.3 is 0 Å². The summed E-state index contributed by atoms with van der Waals surface area (Å²) in [5, 5.41) is 10.3. The van der Waals surface area contributed by atoms with Crippen molar-refractivity contribution < 1.29 is 22.7 Å². The third kappa shape index (κ3) is 4.94. The number of nitrogens with two attached hydrogens (primary N) is 2. The normalized spacial score (nSPS) is 15.6. The van der Waals surface area contributed by atoms with Crippen LogP contribution in [-0.2, 0) is 10.0 Å². The zero-order valence-electron chi connectivity index (χ0n) is 15.7. The van der Waals surface area contributed by atoms with E-state index in [1.807, 2.05) is 18.2 Å². The summed E-state index contributed by atoms with van der Waals surface area (Å²) in [6.07, 6.45) is 0.607. The molecule has 154 valence electrons. The average molecular weight is 417 g/mol. The van der Waals surface area contributed by atoms with Crippen LogP contribution in [0.1, 0.15) is 23.4 Å². The van der Waals surface area contributed by atoms with Gasteiger partial charge in [0, 0.05) is 24.2 Å². The van der Waals surface area contributed by atoms with Crippen LogP contribution < -0.4 is 11.5 Å². The Bertz CT molecular complexity index is 1050. The van der Waals surface area contributed by atoms with Crippen molar-refractivity contribution in [1.29, 1.82) is 0 Å². The number of nitrogens with zero attached hydrogens (tertiary/aromatic N) is 1. The highest BCUT2D eigenvalue weighted by atomic mass is 32.2. The van der Waals surface area contributed by atoms with Gasteiger partial charge in [0.15, 0.2) is 5.76 Å². The second-order valence-corrected chi connectivity index (χ2v) is 8.65. The molecule has 1 aromatic heterocycles. The lowest BCUT2D eigenvalue weighted by molar-refractivity contribution is 0.0975. The fourth-order valence-electron chi connectivity index (χ4n) is 2.97. The van der Waals surface area contributed by atoms with Crippen LogP contribution in [0.15, 0.2) is 63.9 Å². The van der Waals surface area contributed by atoms with E-state index in [1.165, 1.54) is 16.4 Å². The van der Waals surface area contributed by atoms with Crippen molar-refractivity contribution in [3.8, 4) is 0 Å². The predicted molar refractivity (Wildman–Crippen MR) is 110 cm³/mol. The molecule has 1 aliphatic heterocycles. The first-order valence-corrected chi connectivity index (χ1v) is 10.5. The molecule has 9 heteroatoms. The summed E-state index contributed by atoms with van der Waals surface area (Å²) in [5.74, 6) is -0.331. The molecule has 0 atom stereocenters. The molecule has 0 radical (unpaired) electrons. The summed E-state index contributed by atoms with van der Waals surface area (Å²) >= 11 is 0. The maximum Gasteiger partial charge on any atom is 0.284 e. The maximum atomic E-state index is 12.2. The lowest BCUT2D eigenvalue weighted by atomic mass is 10.1. The predicted octanol–water partition coefficient (Wildman–Crippen LogP) is 1.95. The minimum atomic E-state index is -3.44. The van der Waals surface area contributed by atoms with Crippen molar-refractivity contribution in [2.75, 3.05) is 18.8 Å². The van der Waals surface area contributed by atoms with Crippen molar-refractivity contribution in [3.63, 3.8) is 0 Å². The number of aliphatic hydroxyl groups is 1. The molecular weight excluding hydrogens is 394 g/mol. The van der Waals surface area contributed by atoms with E-state index in [2.05, 4.69) is 0 Å². The van der Waals surface area contributed by atoms with E-state index in [0.29, 0.717) is 37.2 Å². The van der Waals surface area contributed by atoms with Crippen LogP contribution in [-0.4, -0.2) is 42.9 Å². The van der Waals surface area contributed by atoms with Gasteiger partial charge < -0.3 is 21.0 Å². The highest BCUT2D eigenvalue weighted by Crippen LogP contribution is 2.21. The van der Waals surface area contributed by atoms with Gasteiger partial charge in [0.05, 0.1) is 11.0 Å². The highest BCUT2D eigenvalue weighted by Gasteiger charge is 2.28. The summed E-state index contributed by atoms with van der Waals surface area (Å²) in [7, 11) is -3.44. The number of amides is 1. The molecule has 29 heavy (non-hydrogen) atoms. The standard InChI is InChI=1S/C11H16N2O3S.C9H7NO2/c12-9-1-3-11(4-2-9)17(15,16)13-7-5-10(14)6-8-13;10-9(11)8-5-6-3-1-2-4-7(6)12-8/h1-4,10,14H,5-8,12H2;1-5H,(H2,10,11). The Morgan fingerprint density at radius 2 is 1.69 bits per heavy atom. The van der Waals surface area contributed by atoms with E-state index in [4.69, 9.17) is 15.9 Å². The SMILES string of the molecule is NC(=O)c1cc2ccccc2o1.Nc1ccc(S(=O)(=O)N2CCC(O)CC2)cc1. The molecule has 2 aromatic carbocycles. The Morgan fingerprint density at radius 3 is 2.28 bits per heavy atom. The summed E-state index contributed by atoms with van der Waals surface area (Å²) < 4.78 is 31.0. The molecule has 1 fully saturated rings. The number of benzene rings is 2. The van der Waals surface area contributed by atoms with Crippen molar-refractivity contribution in [2.45, 2.75) is 23.8 Å². The molecule has 1 saturated heterocycles. The van der Waals surface area contributed by atoms with Crippen LogP contribution in [0.4, 0.5) is 5.69 Å². The lowest BCUT2D eigenvalue weighted by Gasteiger charge is -2.28. The number of aliphatic hydroxyl groups excluding tert-OH is 1. The van der Waals surface area contributed by atoms with E-state index in [9.17, 15) is 18.3 Å². The molecule has 5 N–H and O–H groups in total. The number of hydrogen-bond donors (Lipinski definition) is 3. The van der Waals surface area contributed by atoms with Gasteiger partial charge in [-0.05, 0) is 49.2 Å². The number of rotatable bonds is 3. The van der Waals surface area contributed by atoms with Crippen molar-refractivity contribution in [3.05, 3.63) is 60.4 Å². The van der Waals surface area contributed by atoms with Gasteiger partial charge in [-0.2, -0.15) is 4.31 Å². The van der Waals surface area contributed by atoms with Crippen LogP contribution in [0.25, 0.3) is 11.0 Å². The molecule has 0 aliphatic carbocycles. The number of furan rings is 1. The molecule has 3 aromatic rings. The number of carbonyl (C=O) groups is 1. The van der Waals surface area contributed by atoms with Gasteiger partial charge in [0.1, 0.15) is 5.58 Å². The second-order valence-electron chi connectivity index (χ2n) is 6.72. The Balaban J connectivity index is 0.000000176.